The van der Waals surface area contributed by atoms with Crippen LogP contribution in [0, 0.1) is 35.1 Å². The first-order chi connectivity index (χ1) is 21.3. The lowest BCUT2D eigenvalue weighted by atomic mass is 9.97. The first-order valence-corrected chi connectivity index (χ1v) is 13.9. The molecule has 0 bridgehead atoms. The van der Waals surface area contributed by atoms with Crippen LogP contribution in [0.2, 0.25) is 0 Å². The third kappa shape index (κ3) is 6.88. The van der Waals surface area contributed by atoms with Gasteiger partial charge in [0.25, 0.3) is 0 Å². The highest BCUT2D eigenvalue weighted by Gasteiger charge is 2.42. The van der Waals surface area contributed by atoms with E-state index in [1.807, 2.05) is 24.3 Å². The maximum atomic E-state index is 15.4. The van der Waals surface area contributed by atoms with Crippen molar-refractivity contribution in [3.05, 3.63) is 113 Å². The van der Waals surface area contributed by atoms with Crippen LogP contribution in [0.25, 0.3) is 32.7 Å². The largest absolute Gasteiger partial charge is 0.458 e. The minimum Gasteiger partial charge on any atom is -0.429 e. The molecule has 0 aliphatic rings. The minimum absolute atomic E-state index is 0.0372. The number of halogens is 9. The van der Waals surface area contributed by atoms with Crippen LogP contribution in [0.5, 0.6) is 5.75 Å². The van der Waals surface area contributed by atoms with Crippen LogP contribution >= 0.6 is 0 Å². The zero-order valence-corrected chi connectivity index (χ0v) is 23.6. The van der Waals surface area contributed by atoms with E-state index in [9.17, 15) is 22.0 Å². The summed E-state index contributed by atoms with van der Waals surface area (Å²) in [5.41, 5.74) is -0.284. The predicted molar refractivity (Wildman–Crippen MR) is 154 cm³/mol. The molecule has 0 N–H and O–H groups in total. The number of hydrogen-bond donors (Lipinski definition) is 0. The Balaban J connectivity index is 1.44. The molecule has 0 heterocycles. The van der Waals surface area contributed by atoms with Gasteiger partial charge in [-0.2, -0.15) is 22.0 Å². The average Bonchev–Trinajstić information content (AvgIpc) is 2.96. The Morgan fingerprint density at radius 1 is 0.667 bits per heavy atom. The summed E-state index contributed by atoms with van der Waals surface area (Å²) < 4.78 is 132. The van der Waals surface area contributed by atoms with Gasteiger partial charge in [0.15, 0.2) is 0 Å². The lowest BCUT2D eigenvalue weighted by Gasteiger charge is -2.21. The number of unbranched alkanes of at least 4 members (excludes halogenated alkanes) is 2. The predicted octanol–water partition coefficient (Wildman–Crippen LogP) is 11.0. The molecule has 0 amide bonds. The Hall–Kier alpha value is -4.65. The molecule has 5 aromatic carbocycles. The number of fused-ring (bicyclic) bond motifs is 2. The highest BCUT2D eigenvalue weighted by Crippen LogP contribution is 2.39. The number of aryl methyl sites for hydroxylation is 1. The smallest absolute Gasteiger partial charge is 0.429 e. The summed E-state index contributed by atoms with van der Waals surface area (Å²) in [7, 11) is 0. The quantitative estimate of drug-likeness (QED) is 0.0942. The monoisotopic (exact) mass is 630 g/mol. The highest BCUT2D eigenvalue weighted by molar-refractivity contribution is 5.89. The van der Waals surface area contributed by atoms with E-state index in [0.29, 0.717) is 11.6 Å². The Bertz CT molecular complexity index is 1950. The van der Waals surface area contributed by atoms with Crippen LogP contribution < -0.4 is 4.74 Å². The van der Waals surface area contributed by atoms with Gasteiger partial charge in [-0.25, -0.2) is 17.6 Å². The highest BCUT2D eigenvalue weighted by atomic mass is 19.4. The average molecular weight is 631 g/mol. The van der Waals surface area contributed by atoms with E-state index < -0.39 is 57.8 Å². The van der Waals surface area contributed by atoms with Crippen molar-refractivity contribution >= 4 is 21.5 Å². The molecule has 0 unspecified atom stereocenters. The van der Waals surface area contributed by atoms with Gasteiger partial charge in [0.05, 0.1) is 5.56 Å². The first-order valence-electron chi connectivity index (χ1n) is 13.9. The van der Waals surface area contributed by atoms with Gasteiger partial charge in [0, 0.05) is 16.7 Å². The Morgan fingerprint density at radius 2 is 1.29 bits per heavy atom. The molecule has 0 radical (unpaired) electrons. The molecule has 45 heavy (non-hydrogen) atoms. The van der Waals surface area contributed by atoms with E-state index in [0.717, 1.165) is 67.0 Å². The van der Waals surface area contributed by atoms with Gasteiger partial charge in [0.1, 0.15) is 34.6 Å². The normalized spacial score (nSPS) is 12.0. The lowest BCUT2D eigenvalue weighted by molar-refractivity contribution is -0.189. The second-order valence-corrected chi connectivity index (χ2v) is 10.4. The number of ether oxygens (including phenoxy) is 1. The number of rotatable bonds is 8. The second kappa shape index (κ2) is 12.4. The third-order valence-electron chi connectivity index (χ3n) is 7.25. The van der Waals surface area contributed by atoms with Crippen molar-refractivity contribution in [1.29, 1.82) is 0 Å². The molecule has 0 saturated carbocycles. The number of benzene rings is 5. The maximum Gasteiger partial charge on any atom is 0.458 e. The van der Waals surface area contributed by atoms with Gasteiger partial charge in [-0.15, -0.1) is 0 Å². The standard InChI is InChI=1S/C35H23F9O/c1-2-3-4-5-20-6-8-21(9-7-20)22-10-12-27-23(16-22)19-30(37)31(33(27)39)35(43,44)45-25-11-13-26-24(17-25)18-29(36)28(32(26)38)14-15-34(40,41)42/h6-13,16-19H,2-5H2,1H3. The van der Waals surface area contributed by atoms with Gasteiger partial charge in [-0.1, -0.05) is 62.1 Å². The number of alkyl halides is 5. The zero-order chi connectivity index (χ0) is 32.5. The van der Waals surface area contributed by atoms with E-state index in [4.69, 9.17) is 0 Å². The van der Waals surface area contributed by atoms with E-state index in [1.54, 1.807) is 0 Å². The fraction of sp³-hybridized carbons (Fsp3) is 0.200. The summed E-state index contributed by atoms with van der Waals surface area (Å²) >= 11 is 0. The van der Waals surface area contributed by atoms with E-state index >= 15 is 17.6 Å². The molecule has 5 aromatic rings. The second-order valence-electron chi connectivity index (χ2n) is 10.4. The van der Waals surface area contributed by atoms with Gasteiger partial charge >= 0.3 is 12.3 Å². The molecule has 1 nitrogen and oxygen atoms in total. The van der Waals surface area contributed by atoms with Gasteiger partial charge in [-0.3, -0.25) is 0 Å². The fourth-order valence-electron chi connectivity index (χ4n) is 5.04. The SMILES string of the molecule is CCCCCc1ccc(-c2ccc3c(F)c(C(F)(F)Oc4ccc5c(F)c(C#CC(F)(F)F)c(F)cc5c4)c(F)cc3c2)cc1. The fourth-order valence-corrected chi connectivity index (χ4v) is 5.04. The summed E-state index contributed by atoms with van der Waals surface area (Å²) in [5, 5.41) is -1.06. The Kier molecular flexibility index (Phi) is 8.74. The molecule has 0 fully saturated rings. The van der Waals surface area contributed by atoms with Crippen LogP contribution in [0.4, 0.5) is 39.5 Å². The van der Waals surface area contributed by atoms with Crippen molar-refractivity contribution in [1.82, 2.24) is 0 Å². The summed E-state index contributed by atoms with van der Waals surface area (Å²) in [5.74, 6) is -4.64. The van der Waals surface area contributed by atoms with Crippen LogP contribution in [-0.2, 0) is 12.5 Å². The zero-order valence-electron chi connectivity index (χ0n) is 23.6. The summed E-state index contributed by atoms with van der Waals surface area (Å²) in [6.07, 6.45) is -5.38. The van der Waals surface area contributed by atoms with Gasteiger partial charge < -0.3 is 4.74 Å². The Morgan fingerprint density at radius 3 is 1.98 bits per heavy atom. The third-order valence-corrected chi connectivity index (χ3v) is 7.25. The van der Waals surface area contributed by atoms with Crippen molar-refractivity contribution in [2.24, 2.45) is 0 Å². The summed E-state index contributed by atoms with van der Waals surface area (Å²) in [6, 6.07) is 15.7. The summed E-state index contributed by atoms with van der Waals surface area (Å²) in [4.78, 5) is 0. The molecular weight excluding hydrogens is 607 g/mol. The molecule has 0 saturated heterocycles. The molecule has 10 heteroatoms. The van der Waals surface area contributed by atoms with Crippen molar-refractivity contribution in [2.75, 3.05) is 0 Å². The van der Waals surface area contributed by atoms with Crippen LogP contribution in [0.1, 0.15) is 42.9 Å². The van der Waals surface area contributed by atoms with Gasteiger partial charge in [-0.05, 0) is 76.7 Å². The van der Waals surface area contributed by atoms with Crippen molar-refractivity contribution in [2.45, 2.75) is 44.9 Å². The van der Waals surface area contributed by atoms with Crippen molar-refractivity contribution < 1.29 is 44.3 Å². The van der Waals surface area contributed by atoms with E-state index in [-0.39, 0.29) is 16.2 Å². The van der Waals surface area contributed by atoms with Crippen LogP contribution in [0.3, 0.4) is 0 Å². The van der Waals surface area contributed by atoms with Gasteiger partial charge in [0.2, 0.25) is 0 Å². The lowest BCUT2D eigenvalue weighted by Crippen LogP contribution is -2.25. The Labute approximate surface area is 252 Å². The first kappa shape index (κ1) is 31.8. The topological polar surface area (TPSA) is 9.23 Å². The van der Waals surface area contributed by atoms with Crippen molar-refractivity contribution in [3.8, 4) is 28.7 Å². The van der Waals surface area contributed by atoms with Crippen LogP contribution in [-0.4, -0.2) is 6.18 Å². The molecule has 232 valence electrons. The van der Waals surface area contributed by atoms with E-state index in [2.05, 4.69) is 11.7 Å². The van der Waals surface area contributed by atoms with Crippen LogP contribution in [0.15, 0.2) is 72.8 Å². The maximum absolute atomic E-state index is 15.4. The minimum atomic E-state index is -5.01. The molecule has 0 aromatic heterocycles. The molecule has 0 aliphatic heterocycles. The summed E-state index contributed by atoms with van der Waals surface area (Å²) in [6.45, 7) is 2.12. The molecule has 0 atom stereocenters. The molecule has 0 aliphatic carbocycles. The number of hydrogen-bond acceptors (Lipinski definition) is 1. The molecule has 0 spiro atoms. The molecular formula is C35H23F9O. The van der Waals surface area contributed by atoms with Crippen molar-refractivity contribution in [3.63, 3.8) is 0 Å². The molecule has 5 rings (SSSR count). The van der Waals surface area contributed by atoms with E-state index in [1.165, 1.54) is 24.1 Å².